The van der Waals surface area contributed by atoms with E-state index in [4.69, 9.17) is 16.1 Å². The predicted octanol–water partition coefficient (Wildman–Crippen LogP) is 3.27. The topological polar surface area (TPSA) is 72.2 Å². The van der Waals surface area contributed by atoms with E-state index in [9.17, 15) is 9.59 Å². The van der Waals surface area contributed by atoms with Gasteiger partial charge in [0.15, 0.2) is 5.78 Å². The Labute approximate surface area is 133 Å². The maximum absolute atomic E-state index is 12.6. The predicted molar refractivity (Wildman–Crippen MR) is 83.1 cm³/mol. The van der Waals surface area contributed by atoms with E-state index in [1.165, 1.54) is 6.26 Å². The summed E-state index contributed by atoms with van der Waals surface area (Å²) in [5.74, 6) is -0.596. The third-order valence-electron chi connectivity index (χ3n) is 3.36. The summed E-state index contributed by atoms with van der Waals surface area (Å²) in [6, 6.07) is 5.97. The summed E-state index contributed by atoms with van der Waals surface area (Å²) in [5, 5.41) is 6.98. The highest BCUT2D eigenvalue weighted by molar-refractivity contribution is 6.30. The van der Waals surface area contributed by atoms with E-state index in [1.54, 1.807) is 31.2 Å². The molecule has 2 aromatic rings. The Kier molecular flexibility index (Phi) is 4.98. The summed E-state index contributed by atoms with van der Waals surface area (Å²) in [6.45, 7) is 5.42. The summed E-state index contributed by atoms with van der Waals surface area (Å²) in [7, 11) is 0. The molecule has 0 aliphatic rings. The van der Waals surface area contributed by atoms with Gasteiger partial charge in [-0.2, -0.15) is 0 Å². The van der Waals surface area contributed by atoms with Crippen LogP contribution in [0.1, 0.15) is 40.3 Å². The quantitative estimate of drug-likeness (QED) is 0.858. The first-order valence-corrected chi connectivity index (χ1v) is 7.29. The van der Waals surface area contributed by atoms with Crippen LogP contribution in [-0.4, -0.2) is 22.9 Å². The lowest BCUT2D eigenvalue weighted by atomic mass is 9.94. The Balaban J connectivity index is 2.20. The second-order valence-corrected chi connectivity index (χ2v) is 5.82. The van der Waals surface area contributed by atoms with Gasteiger partial charge in [0.2, 0.25) is 0 Å². The molecule has 0 bridgehead atoms. The lowest BCUT2D eigenvalue weighted by molar-refractivity contribution is 0.0830. The number of Topliss-reactive ketones (excluding diaryl/α,β-unsaturated/α-hetero) is 1. The van der Waals surface area contributed by atoms with E-state index in [0.29, 0.717) is 21.8 Å². The molecule has 0 saturated heterocycles. The molecule has 1 amide bonds. The summed E-state index contributed by atoms with van der Waals surface area (Å²) in [5.41, 5.74) is 1.32. The summed E-state index contributed by atoms with van der Waals surface area (Å²) < 4.78 is 4.76. The highest BCUT2D eigenvalue weighted by atomic mass is 35.5. The normalized spacial score (nSPS) is 12.2. The van der Waals surface area contributed by atoms with Crippen molar-refractivity contribution in [1.29, 1.82) is 0 Å². The Morgan fingerprint density at radius 3 is 2.36 bits per heavy atom. The van der Waals surface area contributed by atoms with Crippen LogP contribution in [0.25, 0.3) is 0 Å². The molecule has 1 aromatic heterocycles. The average Bonchev–Trinajstić information content (AvgIpc) is 2.90. The molecule has 0 radical (unpaired) electrons. The van der Waals surface area contributed by atoms with Gasteiger partial charge in [-0.25, -0.2) is 0 Å². The lowest BCUT2D eigenvalue weighted by Gasteiger charge is -2.21. The summed E-state index contributed by atoms with van der Waals surface area (Å²) in [6.07, 6.45) is 1.27. The van der Waals surface area contributed by atoms with Crippen molar-refractivity contribution in [1.82, 2.24) is 10.5 Å². The second kappa shape index (κ2) is 6.75. The largest absolute Gasteiger partial charge is 0.364 e. The third-order valence-corrected chi connectivity index (χ3v) is 3.61. The van der Waals surface area contributed by atoms with Crippen molar-refractivity contribution in [2.24, 2.45) is 5.92 Å². The average molecular weight is 321 g/mol. The van der Waals surface area contributed by atoms with Crippen LogP contribution in [0.5, 0.6) is 0 Å². The van der Waals surface area contributed by atoms with Crippen molar-refractivity contribution in [3.8, 4) is 0 Å². The molecule has 1 unspecified atom stereocenters. The Bertz CT molecular complexity index is 677. The fourth-order valence-electron chi connectivity index (χ4n) is 2.06. The molecule has 0 fully saturated rings. The number of carbonyl (C=O) groups is 2. The standard InChI is InChI=1S/C16H17ClN2O3/c1-9(2)14(15(20)11-4-6-12(17)7-5-11)18-16(21)13-8-22-19-10(13)3/h4-9,14H,1-3H3,(H,18,21). The monoisotopic (exact) mass is 320 g/mol. The Morgan fingerprint density at radius 1 is 1.23 bits per heavy atom. The summed E-state index contributed by atoms with van der Waals surface area (Å²) in [4.78, 5) is 24.8. The molecule has 1 N–H and O–H groups in total. The van der Waals surface area contributed by atoms with E-state index in [0.717, 1.165) is 0 Å². The molecular weight excluding hydrogens is 304 g/mol. The molecule has 116 valence electrons. The highest BCUT2D eigenvalue weighted by Gasteiger charge is 2.26. The number of hydrogen-bond acceptors (Lipinski definition) is 4. The number of nitrogens with zero attached hydrogens (tertiary/aromatic N) is 1. The van der Waals surface area contributed by atoms with Gasteiger partial charge >= 0.3 is 0 Å². The fourth-order valence-corrected chi connectivity index (χ4v) is 2.18. The zero-order valence-electron chi connectivity index (χ0n) is 12.6. The zero-order valence-corrected chi connectivity index (χ0v) is 13.3. The van der Waals surface area contributed by atoms with Crippen LogP contribution in [0.2, 0.25) is 5.02 Å². The first-order chi connectivity index (χ1) is 10.4. The van der Waals surface area contributed by atoms with Gasteiger partial charge in [-0.3, -0.25) is 9.59 Å². The molecule has 1 heterocycles. The van der Waals surface area contributed by atoms with Crippen LogP contribution in [0.15, 0.2) is 35.1 Å². The van der Waals surface area contributed by atoms with Crippen molar-refractivity contribution in [3.63, 3.8) is 0 Å². The molecular formula is C16H17ClN2O3. The van der Waals surface area contributed by atoms with Crippen molar-refractivity contribution < 1.29 is 14.1 Å². The number of aromatic nitrogens is 1. The molecule has 1 atom stereocenters. The number of carbonyl (C=O) groups excluding carboxylic acids is 2. The Hall–Kier alpha value is -2.14. The number of benzene rings is 1. The van der Waals surface area contributed by atoms with E-state index in [2.05, 4.69) is 10.5 Å². The van der Waals surface area contributed by atoms with Crippen molar-refractivity contribution in [2.45, 2.75) is 26.8 Å². The molecule has 0 spiro atoms. The van der Waals surface area contributed by atoms with Gasteiger partial charge in [-0.15, -0.1) is 0 Å². The number of hydrogen-bond donors (Lipinski definition) is 1. The van der Waals surface area contributed by atoms with Crippen LogP contribution in [0, 0.1) is 12.8 Å². The smallest absolute Gasteiger partial charge is 0.257 e. The maximum Gasteiger partial charge on any atom is 0.257 e. The SMILES string of the molecule is Cc1nocc1C(=O)NC(C(=O)c1ccc(Cl)cc1)C(C)C. The lowest BCUT2D eigenvalue weighted by Crippen LogP contribution is -2.44. The molecule has 2 rings (SSSR count). The van der Waals surface area contributed by atoms with E-state index in [1.807, 2.05) is 13.8 Å². The minimum Gasteiger partial charge on any atom is -0.364 e. The molecule has 22 heavy (non-hydrogen) atoms. The van der Waals surface area contributed by atoms with Gasteiger partial charge in [0, 0.05) is 10.6 Å². The molecule has 0 aliphatic heterocycles. The number of rotatable bonds is 5. The van der Waals surface area contributed by atoms with Crippen LogP contribution in [-0.2, 0) is 0 Å². The summed E-state index contributed by atoms with van der Waals surface area (Å²) >= 11 is 5.83. The second-order valence-electron chi connectivity index (χ2n) is 5.38. The van der Waals surface area contributed by atoms with Crippen LogP contribution in [0.4, 0.5) is 0 Å². The van der Waals surface area contributed by atoms with Crippen LogP contribution < -0.4 is 5.32 Å². The molecule has 0 saturated carbocycles. The highest BCUT2D eigenvalue weighted by Crippen LogP contribution is 2.15. The third kappa shape index (κ3) is 3.54. The van der Waals surface area contributed by atoms with Gasteiger partial charge in [-0.05, 0) is 37.1 Å². The number of ketones is 1. The number of aryl methyl sites for hydroxylation is 1. The first-order valence-electron chi connectivity index (χ1n) is 6.91. The van der Waals surface area contributed by atoms with Crippen molar-refractivity contribution >= 4 is 23.3 Å². The zero-order chi connectivity index (χ0) is 16.3. The number of amides is 1. The van der Waals surface area contributed by atoms with Crippen LogP contribution in [0.3, 0.4) is 0 Å². The van der Waals surface area contributed by atoms with Crippen molar-refractivity contribution in [3.05, 3.63) is 52.4 Å². The van der Waals surface area contributed by atoms with Gasteiger partial charge in [-0.1, -0.05) is 30.6 Å². The minimum absolute atomic E-state index is 0.0627. The minimum atomic E-state index is -0.636. The molecule has 6 heteroatoms. The molecule has 5 nitrogen and oxygen atoms in total. The van der Waals surface area contributed by atoms with E-state index >= 15 is 0 Å². The van der Waals surface area contributed by atoms with Crippen LogP contribution >= 0.6 is 11.6 Å². The van der Waals surface area contributed by atoms with Gasteiger partial charge in [0.1, 0.15) is 11.8 Å². The first kappa shape index (κ1) is 16.2. The number of halogens is 1. The van der Waals surface area contributed by atoms with E-state index in [-0.39, 0.29) is 17.6 Å². The number of nitrogens with one attached hydrogen (secondary N) is 1. The van der Waals surface area contributed by atoms with E-state index < -0.39 is 6.04 Å². The van der Waals surface area contributed by atoms with Gasteiger partial charge in [0.05, 0.1) is 11.7 Å². The molecule has 0 aliphatic carbocycles. The van der Waals surface area contributed by atoms with Gasteiger partial charge < -0.3 is 9.84 Å². The Morgan fingerprint density at radius 2 is 1.86 bits per heavy atom. The molecule has 1 aromatic carbocycles. The maximum atomic E-state index is 12.6. The fraction of sp³-hybridized carbons (Fsp3) is 0.312. The van der Waals surface area contributed by atoms with Gasteiger partial charge in [0.25, 0.3) is 5.91 Å². The van der Waals surface area contributed by atoms with Crippen molar-refractivity contribution in [2.75, 3.05) is 0 Å².